The van der Waals surface area contributed by atoms with Gasteiger partial charge in [0.25, 0.3) is 0 Å². The summed E-state index contributed by atoms with van der Waals surface area (Å²) in [6, 6.07) is 2.24. The van der Waals surface area contributed by atoms with Crippen LogP contribution in [0, 0.1) is 0 Å². The van der Waals surface area contributed by atoms with E-state index in [1.165, 1.54) is 36.1 Å². The van der Waals surface area contributed by atoms with Crippen LogP contribution in [-0.4, -0.2) is 13.1 Å². The van der Waals surface area contributed by atoms with Crippen LogP contribution in [0.4, 0.5) is 0 Å². The van der Waals surface area contributed by atoms with Gasteiger partial charge in [0.2, 0.25) is 0 Å². The van der Waals surface area contributed by atoms with E-state index in [0.717, 1.165) is 26.1 Å². The van der Waals surface area contributed by atoms with E-state index in [0.29, 0.717) is 0 Å². The quantitative estimate of drug-likeness (QED) is 0.651. The Morgan fingerprint density at radius 1 is 1.25 bits per heavy atom. The molecule has 0 fully saturated rings. The molecular formula is C13H24N2S. The van der Waals surface area contributed by atoms with Crippen LogP contribution >= 0.6 is 11.3 Å². The van der Waals surface area contributed by atoms with Crippen molar-refractivity contribution in [2.45, 2.75) is 45.6 Å². The number of rotatable bonds is 9. The third-order valence-corrected chi connectivity index (χ3v) is 3.78. The Hall–Kier alpha value is -0.380. The molecule has 0 amide bonds. The maximum atomic E-state index is 5.45. The Bertz CT molecular complexity index is 271. The summed E-state index contributed by atoms with van der Waals surface area (Å²) in [6.45, 7) is 5.23. The summed E-state index contributed by atoms with van der Waals surface area (Å²) >= 11 is 1.87. The Balaban J connectivity index is 2.03. The average molecular weight is 240 g/mol. The number of unbranched alkanes of at least 4 members (excludes halogenated alkanes) is 3. The lowest BCUT2D eigenvalue weighted by atomic mass is 10.2. The van der Waals surface area contributed by atoms with Gasteiger partial charge in [0, 0.05) is 11.4 Å². The third-order valence-electron chi connectivity index (χ3n) is 2.81. The van der Waals surface area contributed by atoms with Gasteiger partial charge in [-0.3, -0.25) is 0 Å². The van der Waals surface area contributed by atoms with Crippen LogP contribution in [0.5, 0.6) is 0 Å². The summed E-state index contributed by atoms with van der Waals surface area (Å²) in [5, 5.41) is 5.71. The van der Waals surface area contributed by atoms with Gasteiger partial charge in [0.1, 0.15) is 0 Å². The molecule has 0 saturated heterocycles. The van der Waals surface area contributed by atoms with Crippen LogP contribution in [0.25, 0.3) is 0 Å². The lowest BCUT2D eigenvalue weighted by Gasteiger charge is -2.04. The maximum absolute atomic E-state index is 5.45. The van der Waals surface area contributed by atoms with Crippen LogP contribution in [0.15, 0.2) is 11.4 Å². The molecule has 0 unspecified atom stereocenters. The number of nitrogens with one attached hydrogen (secondary N) is 1. The third kappa shape index (κ3) is 5.10. The molecule has 1 heterocycles. The molecule has 2 nitrogen and oxygen atoms in total. The molecular weight excluding hydrogens is 216 g/mol. The lowest BCUT2D eigenvalue weighted by Crippen LogP contribution is -2.14. The van der Waals surface area contributed by atoms with Crippen LogP contribution in [0.2, 0.25) is 0 Å². The fraction of sp³-hybridized carbons (Fsp3) is 0.692. The van der Waals surface area contributed by atoms with Crippen molar-refractivity contribution in [2.24, 2.45) is 5.73 Å². The van der Waals surface area contributed by atoms with Crippen molar-refractivity contribution in [1.82, 2.24) is 5.32 Å². The molecule has 0 spiro atoms. The first-order chi connectivity index (χ1) is 7.88. The highest BCUT2D eigenvalue weighted by atomic mass is 32.1. The predicted molar refractivity (Wildman–Crippen MR) is 72.9 cm³/mol. The van der Waals surface area contributed by atoms with Crippen molar-refractivity contribution in [2.75, 3.05) is 13.1 Å². The molecule has 16 heavy (non-hydrogen) atoms. The zero-order valence-electron chi connectivity index (χ0n) is 10.3. The van der Waals surface area contributed by atoms with Crippen molar-refractivity contribution >= 4 is 11.3 Å². The minimum absolute atomic E-state index is 0.836. The van der Waals surface area contributed by atoms with Gasteiger partial charge in [-0.1, -0.05) is 19.8 Å². The first-order valence-electron chi connectivity index (χ1n) is 6.34. The van der Waals surface area contributed by atoms with Gasteiger partial charge in [-0.2, -0.15) is 0 Å². The summed E-state index contributed by atoms with van der Waals surface area (Å²) in [4.78, 5) is 1.50. The average Bonchev–Trinajstić information content (AvgIpc) is 2.75. The highest BCUT2D eigenvalue weighted by Crippen LogP contribution is 2.16. The van der Waals surface area contributed by atoms with Gasteiger partial charge >= 0.3 is 0 Å². The number of thiophene rings is 1. The Labute approximate surface area is 103 Å². The molecule has 0 saturated carbocycles. The van der Waals surface area contributed by atoms with Gasteiger partial charge in [-0.05, 0) is 49.4 Å². The Morgan fingerprint density at radius 3 is 2.81 bits per heavy atom. The fourth-order valence-corrected chi connectivity index (χ4v) is 2.73. The molecule has 92 valence electrons. The molecule has 3 heteroatoms. The Morgan fingerprint density at radius 2 is 2.06 bits per heavy atom. The van der Waals surface area contributed by atoms with E-state index in [2.05, 4.69) is 23.7 Å². The molecule has 1 rings (SSSR count). The van der Waals surface area contributed by atoms with Gasteiger partial charge in [-0.15, -0.1) is 11.3 Å². The summed E-state index contributed by atoms with van der Waals surface area (Å²) in [7, 11) is 0. The van der Waals surface area contributed by atoms with Crippen LogP contribution in [0.1, 0.15) is 43.0 Å². The molecule has 1 aromatic heterocycles. The van der Waals surface area contributed by atoms with Gasteiger partial charge in [0.05, 0.1) is 0 Å². The SMILES string of the molecule is CCc1ccsc1CNCCCCCCN. The minimum Gasteiger partial charge on any atom is -0.330 e. The molecule has 0 aliphatic heterocycles. The lowest BCUT2D eigenvalue weighted by molar-refractivity contribution is 0.591. The molecule has 1 aromatic rings. The summed E-state index contributed by atoms with van der Waals surface area (Å²) in [6.07, 6.45) is 6.17. The maximum Gasteiger partial charge on any atom is 0.0302 e. The van der Waals surface area contributed by atoms with Crippen molar-refractivity contribution in [3.8, 4) is 0 Å². The van der Waals surface area contributed by atoms with E-state index in [9.17, 15) is 0 Å². The van der Waals surface area contributed by atoms with E-state index >= 15 is 0 Å². The highest BCUT2D eigenvalue weighted by Gasteiger charge is 2.00. The zero-order valence-corrected chi connectivity index (χ0v) is 11.1. The number of nitrogens with two attached hydrogens (primary N) is 1. The van der Waals surface area contributed by atoms with E-state index in [1.54, 1.807) is 0 Å². The first-order valence-corrected chi connectivity index (χ1v) is 7.22. The number of hydrogen-bond acceptors (Lipinski definition) is 3. The monoisotopic (exact) mass is 240 g/mol. The second-order valence-corrected chi connectivity index (χ2v) is 5.10. The van der Waals surface area contributed by atoms with E-state index in [-0.39, 0.29) is 0 Å². The summed E-state index contributed by atoms with van der Waals surface area (Å²) in [5.41, 5.74) is 6.95. The highest BCUT2D eigenvalue weighted by molar-refractivity contribution is 7.10. The second kappa shape index (κ2) is 8.74. The summed E-state index contributed by atoms with van der Waals surface area (Å²) in [5.74, 6) is 0. The van der Waals surface area contributed by atoms with Crippen LogP contribution < -0.4 is 11.1 Å². The van der Waals surface area contributed by atoms with Gasteiger partial charge in [-0.25, -0.2) is 0 Å². The van der Waals surface area contributed by atoms with Crippen LogP contribution in [0.3, 0.4) is 0 Å². The van der Waals surface area contributed by atoms with Gasteiger partial charge < -0.3 is 11.1 Å². The Kier molecular flexibility index (Phi) is 7.47. The van der Waals surface area contributed by atoms with E-state index < -0.39 is 0 Å². The molecule has 3 N–H and O–H groups in total. The standard InChI is InChI=1S/C13H24N2S/c1-2-12-7-10-16-13(12)11-15-9-6-4-3-5-8-14/h7,10,15H,2-6,8-9,11,14H2,1H3. The molecule has 0 radical (unpaired) electrons. The van der Waals surface area contributed by atoms with E-state index in [1.807, 2.05) is 11.3 Å². The fourth-order valence-electron chi connectivity index (χ4n) is 1.79. The topological polar surface area (TPSA) is 38.0 Å². The number of hydrogen-bond donors (Lipinski definition) is 2. The normalized spacial score (nSPS) is 10.9. The molecule has 0 atom stereocenters. The summed E-state index contributed by atoms with van der Waals surface area (Å²) < 4.78 is 0. The molecule has 0 aliphatic carbocycles. The predicted octanol–water partition coefficient (Wildman–Crippen LogP) is 2.92. The van der Waals surface area contributed by atoms with Crippen molar-refractivity contribution in [3.63, 3.8) is 0 Å². The number of aryl methyl sites for hydroxylation is 1. The minimum atomic E-state index is 0.836. The van der Waals surface area contributed by atoms with Gasteiger partial charge in [0.15, 0.2) is 0 Å². The first kappa shape index (κ1) is 13.7. The van der Waals surface area contributed by atoms with E-state index in [4.69, 9.17) is 5.73 Å². The molecule has 0 aliphatic rings. The zero-order chi connectivity index (χ0) is 11.6. The largest absolute Gasteiger partial charge is 0.330 e. The van der Waals surface area contributed by atoms with Crippen molar-refractivity contribution < 1.29 is 0 Å². The van der Waals surface area contributed by atoms with Crippen molar-refractivity contribution in [3.05, 3.63) is 21.9 Å². The molecule has 0 bridgehead atoms. The second-order valence-electron chi connectivity index (χ2n) is 4.10. The smallest absolute Gasteiger partial charge is 0.0302 e. The van der Waals surface area contributed by atoms with Crippen molar-refractivity contribution in [1.29, 1.82) is 0 Å². The molecule has 0 aromatic carbocycles. The van der Waals surface area contributed by atoms with Crippen LogP contribution in [-0.2, 0) is 13.0 Å².